The lowest BCUT2D eigenvalue weighted by molar-refractivity contribution is -0.0660. The summed E-state index contributed by atoms with van der Waals surface area (Å²) >= 11 is 0. The minimum atomic E-state index is 0.0669. The molecule has 1 aromatic heterocycles. The maximum atomic E-state index is 8.85. The Balaban J connectivity index is 1.63. The molecule has 0 aromatic carbocycles. The molecule has 30 heavy (non-hydrogen) atoms. The summed E-state index contributed by atoms with van der Waals surface area (Å²) in [5.41, 5.74) is 7.34. The van der Waals surface area contributed by atoms with E-state index in [-0.39, 0.29) is 5.96 Å². The fourth-order valence-electron chi connectivity index (χ4n) is 3.25. The van der Waals surface area contributed by atoms with E-state index in [1.807, 2.05) is 6.07 Å². The van der Waals surface area contributed by atoms with Crippen molar-refractivity contribution in [3.8, 4) is 11.9 Å². The van der Waals surface area contributed by atoms with Crippen molar-refractivity contribution in [2.45, 2.75) is 13.0 Å². The number of piperazine rings is 1. The first-order valence-corrected chi connectivity index (χ1v) is 9.87. The third-order valence-corrected chi connectivity index (χ3v) is 5.05. The summed E-state index contributed by atoms with van der Waals surface area (Å²) in [5, 5.41) is 8.85. The molecule has 1 aromatic rings. The second kappa shape index (κ2) is 10.5. The van der Waals surface area contributed by atoms with Gasteiger partial charge in [-0.2, -0.15) is 15.2 Å². The molecule has 0 atom stereocenters. The highest BCUT2D eigenvalue weighted by Gasteiger charge is 2.29. The molecule has 2 aliphatic rings. The molecule has 9 nitrogen and oxygen atoms in total. The van der Waals surface area contributed by atoms with E-state index in [0.717, 1.165) is 45.1 Å². The predicted octanol–water partition coefficient (Wildman–Crippen LogP) is 1.65. The van der Waals surface area contributed by atoms with Crippen molar-refractivity contribution in [1.82, 2.24) is 9.88 Å². The van der Waals surface area contributed by atoms with Gasteiger partial charge in [0.05, 0.1) is 32.4 Å². The fourth-order valence-corrected chi connectivity index (χ4v) is 3.25. The van der Waals surface area contributed by atoms with E-state index in [9.17, 15) is 0 Å². The summed E-state index contributed by atoms with van der Waals surface area (Å²) in [6.07, 6.45) is 6.47. The lowest BCUT2D eigenvalue weighted by atomic mass is 10.1. The Morgan fingerprint density at radius 1 is 1.33 bits per heavy atom. The highest BCUT2D eigenvalue weighted by molar-refractivity contribution is 5.91. The third kappa shape index (κ3) is 5.43. The van der Waals surface area contributed by atoms with Gasteiger partial charge in [0.25, 0.3) is 0 Å². The Labute approximate surface area is 176 Å². The van der Waals surface area contributed by atoms with Gasteiger partial charge in [-0.05, 0) is 31.2 Å². The fraction of sp³-hybridized carbons (Fsp3) is 0.429. The summed E-state index contributed by atoms with van der Waals surface area (Å²) < 4.78 is 10.8. The lowest BCUT2D eigenvalue weighted by Gasteiger charge is -2.43. The highest BCUT2D eigenvalue weighted by Crippen LogP contribution is 2.30. The van der Waals surface area contributed by atoms with Gasteiger partial charge in [-0.1, -0.05) is 6.08 Å². The van der Waals surface area contributed by atoms with E-state index in [4.69, 9.17) is 20.5 Å². The molecule has 3 rings (SSSR count). The van der Waals surface area contributed by atoms with Crippen molar-refractivity contribution in [3.63, 3.8) is 0 Å². The minimum Gasteiger partial charge on any atom is -0.479 e. The van der Waals surface area contributed by atoms with Gasteiger partial charge >= 0.3 is 0 Å². The van der Waals surface area contributed by atoms with Crippen LogP contribution in [0.3, 0.4) is 0 Å². The number of nitrogens with two attached hydrogens (primary N) is 1. The first-order valence-electron chi connectivity index (χ1n) is 9.87. The molecule has 0 bridgehead atoms. The zero-order valence-corrected chi connectivity index (χ0v) is 17.4. The molecule has 3 heterocycles. The number of methoxy groups -OCH3 is 1. The van der Waals surface area contributed by atoms with Gasteiger partial charge in [0.2, 0.25) is 11.8 Å². The average Bonchev–Trinajstić information content (AvgIpc) is 2.73. The van der Waals surface area contributed by atoms with Crippen LogP contribution in [-0.2, 0) is 4.74 Å². The molecule has 2 aliphatic heterocycles. The van der Waals surface area contributed by atoms with Crippen molar-refractivity contribution in [3.05, 3.63) is 35.9 Å². The summed E-state index contributed by atoms with van der Waals surface area (Å²) in [4.78, 5) is 17.5. The smallest absolute Gasteiger partial charge is 0.239 e. The summed E-state index contributed by atoms with van der Waals surface area (Å²) in [5.74, 6) is 1.00. The number of nitriles is 1. The number of nitrogens with zero attached hydrogens (tertiary/aromatic N) is 6. The number of aliphatic imine (C=N–C) groups is 2. The maximum absolute atomic E-state index is 8.85. The topological polar surface area (TPSA) is 112 Å². The number of guanidine groups is 1. The molecule has 0 radical (unpaired) electrons. The molecule has 0 unspecified atom stereocenters. The highest BCUT2D eigenvalue weighted by atomic mass is 16.5. The zero-order valence-electron chi connectivity index (χ0n) is 17.4. The largest absolute Gasteiger partial charge is 0.479 e. The van der Waals surface area contributed by atoms with Gasteiger partial charge < -0.3 is 20.1 Å². The van der Waals surface area contributed by atoms with Crippen molar-refractivity contribution in [1.29, 1.82) is 5.26 Å². The number of hydrogen-bond donors (Lipinski definition) is 1. The van der Waals surface area contributed by atoms with Gasteiger partial charge in [-0.15, -0.1) is 0 Å². The zero-order chi connectivity index (χ0) is 21.3. The third-order valence-electron chi connectivity index (χ3n) is 5.05. The van der Waals surface area contributed by atoms with Gasteiger partial charge in [0.1, 0.15) is 5.69 Å². The monoisotopic (exact) mass is 409 g/mol. The number of aromatic nitrogens is 1. The Hall–Kier alpha value is -3.22. The van der Waals surface area contributed by atoms with Crippen molar-refractivity contribution in [2.75, 3.05) is 51.4 Å². The molecule has 2 N–H and O–H groups in total. The molecular formula is C21H27N7O2. The SMILES string of the molecule is C/C=C(C#N)/C=C/C=N/C(N)=Nc1ccc(N2CCN(C3COC3)CC2)c(OC)n1. The summed E-state index contributed by atoms with van der Waals surface area (Å²) in [7, 11) is 1.60. The minimum absolute atomic E-state index is 0.0669. The Kier molecular flexibility index (Phi) is 7.54. The van der Waals surface area contributed by atoms with E-state index in [2.05, 4.69) is 30.8 Å². The first-order chi connectivity index (χ1) is 14.6. The maximum Gasteiger partial charge on any atom is 0.239 e. The Morgan fingerprint density at radius 3 is 2.70 bits per heavy atom. The van der Waals surface area contributed by atoms with E-state index < -0.39 is 0 Å². The number of ether oxygens (including phenoxy) is 2. The lowest BCUT2D eigenvalue weighted by Crippen LogP contribution is -2.56. The molecule has 2 saturated heterocycles. The van der Waals surface area contributed by atoms with Gasteiger partial charge in [-0.3, -0.25) is 4.90 Å². The number of anilines is 1. The molecule has 0 aliphatic carbocycles. The van der Waals surface area contributed by atoms with Crippen LogP contribution in [0.5, 0.6) is 5.88 Å². The second-order valence-electron chi connectivity index (χ2n) is 6.88. The number of allylic oxidation sites excluding steroid dienone is 4. The predicted molar refractivity (Wildman–Crippen MR) is 117 cm³/mol. The van der Waals surface area contributed by atoms with E-state index in [1.165, 1.54) is 6.21 Å². The number of pyridine rings is 1. The van der Waals surface area contributed by atoms with E-state index >= 15 is 0 Å². The van der Waals surface area contributed by atoms with Crippen LogP contribution in [0.1, 0.15) is 6.92 Å². The normalized spacial score (nSPS) is 19.3. The Bertz CT molecular complexity index is 889. The number of rotatable bonds is 6. The molecule has 0 amide bonds. The number of hydrogen-bond acceptors (Lipinski definition) is 7. The van der Waals surface area contributed by atoms with Crippen LogP contribution >= 0.6 is 0 Å². The quantitative estimate of drug-likeness (QED) is 0.329. The van der Waals surface area contributed by atoms with Gasteiger partial charge in [0, 0.05) is 38.0 Å². The summed E-state index contributed by atoms with van der Waals surface area (Å²) in [6, 6.07) is 6.37. The van der Waals surface area contributed by atoms with Crippen molar-refractivity contribution >= 4 is 23.7 Å². The molecule has 2 fully saturated rings. The van der Waals surface area contributed by atoms with Gasteiger partial charge in [0.15, 0.2) is 5.82 Å². The molecule has 158 valence electrons. The molecule has 0 saturated carbocycles. The van der Waals surface area contributed by atoms with Crippen LogP contribution in [0.4, 0.5) is 11.5 Å². The Morgan fingerprint density at radius 2 is 2.10 bits per heavy atom. The summed E-state index contributed by atoms with van der Waals surface area (Å²) in [6.45, 7) is 7.28. The second-order valence-corrected chi connectivity index (χ2v) is 6.88. The average molecular weight is 409 g/mol. The molecular weight excluding hydrogens is 382 g/mol. The van der Waals surface area contributed by atoms with E-state index in [0.29, 0.717) is 23.3 Å². The van der Waals surface area contributed by atoms with Crippen LogP contribution < -0.4 is 15.4 Å². The van der Waals surface area contributed by atoms with Crippen LogP contribution in [0.25, 0.3) is 0 Å². The van der Waals surface area contributed by atoms with E-state index in [1.54, 1.807) is 38.3 Å². The first kappa shape index (κ1) is 21.5. The van der Waals surface area contributed by atoms with Gasteiger partial charge in [-0.25, -0.2) is 4.99 Å². The molecule has 9 heteroatoms. The van der Waals surface area contributed by atoms with Crippen LogP contribution in [0.2, 0.25) is 0 Å². The van der Waals surface area contributed by atoms with Crippen LogP contribution in [-0.4, -0.2) is 74.6 Å². The standard InChI is InChI=1S/C21H27N7O2/c1-3-16(13-22)5-4-8-24-21(23)26-19-7-6-18(20(25-19)29-2)28-11-9-27(10-12-28)17-14-30-15-17/h3-8,17H,9-12,14-15H2,1-2H3,(H2,23,25,26)/b5-4+,16-3-,24-8+. The van der Waals surface area contributed by atoms with Crippen LogP contribution in [0, 0.1) is 11.3 Å². The molecule has 0 spiro atoms. The van der Waals surface area contributed by atoms with Crippen molar-refractivity contribution < 1.29 is 9.47 Å². The van der Waals surface area contributed by atoms with Crippen LogP contribution in [0.15, 0.2) is 45.9 Å². The van der Waals surface area contributed by atoms with Crippen molar-refractivity contribution in [2.24, 2.45) is 15.7 Å².